The molecule has 0 aliphatic carbocycles. The summed E-state index contributed by atoms with van der Waals surface area (Å²) in [6.45, 7) is 5.19. The van der Waals surface area contributed by atoms with Crippen molar-refractivity contribution >= 4 is 47.0 Å². The molecule has 9 nitrogen and oxygen atoms in total. The maximum absolute atomic E-state index is 14.7. The number of ether oxygens (including phenoxy) is 4. The largest absolute Gasteiger partial charge is 0.497 e. The van der Waals surface area contributed by atoms with Crippen molar-refractivity contribution in [1.82, 2.24) is 4.90 Å². The Morgan fingerprint density at radius 2 is 1.59 bits per heavy atom. The molecule has 1 N–H and O–H groups in total. The minimum atomic E-state index is -0.803. The maximum Gasteiger partial charge on any atom is 0.417 e. The van der Waals surface area contributed by atoms with Gasteiger partial charge in [-0.1, -0.05) is 66.2 Å². The summed E-state index contributed by atoms with van der Waals surface area (Å²) in [5.74, 6) is 0.773. The monoisotopic (exact) mass is 702 g/mol. The van der Waals surface area contributed by atoms with Crippen molar-refractivity contribution in [2.45, 2.75) is 49.5 Å². The SMILES string of the molecule is COc1ccc(CSC(C(=O)N2C(=O)OC[C@@H]2c2ccccc2)[C@H](Nc2ccc(Cl)cc2)c2ccc(OCC(=O)OC(C)(C)C)cc2)cc1. The number of amides is 2. The summed E-state index contributed by atoms with van der Waals surface area (Å²) in [6, 6.07) is 30.2. The first-order valence-corrected chi connectivity index (χ1v) is 17.2. The van der Waals surface area contributed by atoms with Crippen molar-refractivity contribution in [2.24, 2.45) is 0 Å². The summed E-state index contributed by atoms with van der Waals surface area (Å²) < 4.78 is 21.8. The van der Waals surface area contributed by atoms with Crippen molar-refractivity contribution in [1.29, 1.82) is 0 Å². The summed E-state index contributed by atoms with van der Waals surface area (Å²) in [7, 11) is 1.61. The highest BCUT2D eigenvalue weighted by Crippen LogP contribution is 2.38. The van der Waals surface area contributed by atoms with Crippen molar-refractivity contribution in [3.05, 3.63) is 125 Å². The third-order valence-electron chi connectivity index (χ3n) is 7.61. The lowest BCUT2D eigenvalue weighted by Crippen LogP contribution is -2.44. The van der Waals surface area contributed by atoms with Crippen molar-refractivity contribution in [3.8, 4) is 11.5 Å². The lowest BCUT2D eigenvalue weighted by Gasteiger charge is -2.32. The second kappa shape index (κ2) is 16.2. The van der Waals surface area contributed by atoms with E-state index in [4.69, 9.17) is 30.5 Å². The molecule has 2 amide bonds. The summed E-state index contributed by atoms with van der Waals surface area (Å²) in [5.41, 5.74) is 2.63. The van der Waals surface area contributed by atoms with Crippen molar-refractivity contribution < 1.29 is 33.3 Å². The molecule has 4 aromatic rings. The van der Waals surface area contributed by atoms with Gasteiger partial charge < -0.3 is 24.3 Å². The van der Waals surface area contributed by atoms with Crippen LogP contribution >= 0.6 is 23.4 Å². The Labute approximate surface area is 295 Å². The van der Waals surface area contributed by atoms with Crippen LogP contribution < -0.4 is 14.8 Å². The number of imide groups is 1. The van der Waals surface area contributed by atoms with E-state index >= 15 is 0 Å². The highest BCUT2D eigenvalue weighted by Gasteiger charge is 2.44. The fourth-order valence-corrected chi connectivity index (χ4v) is 6.65. The summed E-state index contributed by atoms with van der Waals surface area (Å²) >= 11 is 7.61. The molecule has 1 unspecified atom stereocenters. The molecule has 0 spiro atoms. The van der Waals surface area contributed by atoms with Gasteiger partial charge in [0.25, 0.3) is 0 Å². The van der Waals surface area contributed by atoms with E-state index in [1.165, 1.54) is 16.7 Å². The molecule has 1 aliphatic heterocycles. The molecular formula is C38H39ClN2O7S. The molecule has 1 saturated heterocycles. The number of carbonyl (C=O) groups is 3. The highest BCUT2D eigenvalue weighted by atomic mass is 35.5. The van der Waals surface area contributed by atoms with E-state index in [9.17, 15) is 14.4 Å². The molecule has 0 saturated carbocycles. The molecule has 3 atom stereocenters. The predicted octanol–water partition coefficient (Wildman–Crippen LogP) is 8.24. The Balaban J connectivity index is 1.49. The Morgan fingerprint density at radius 1 is 0.939 bits per heavy atom. The number of hydrogen-bond donors (Lipinski definition) is 1. The van der Waals surface area contributed by atoms with Crippen LogP contribution in [0.1, 0.15) is 49.5 Å². The molecule has 4 aromatic carbocycles. The number of benzene rings is 4. The van der Waals surface area contributed by atoms with Gasteiger partial charge in [-0.25, -0.2) is 14.5 Å². The van der Waals surface area contributed by atoms with Crippen LogP contribution in [0.2, 0.25) is 5.02 Å². The Bertz CT molecular complexity index is 1710. The molecule has 1 aliphatic rings. The number of hydrogen-bond acceptors (Lipinski definition) is 9. The van der Waals surface area contributed by atoms with E-state index in [2.05, 4.69) is 5.32 Å². The predicted molar refractivity (Wildman–Crippen MR) is 191 cm³/mol. The zero-order chi connectivity index (χ0) is 35.0. The number of carbonyl (C=O) groups excluding carboxylic acids is 3. The van der Waals surface area contributed by atoms with Gasteiger partial charge in [-0.2, -0.15) is 0 Å². The van der Waals surface area contributed by atoms with E-state index in [0.717, 1.165) is 28.1 Å². The molecule has 49 heavy (non-hydrogen) atoms. The molecule has 1 fully saturated rings. The lowest BCUT2D eigenvalue weighted by atomic mass is 10.00. The molecule has 256 valence electrons. The van der Waals surface area contributed by atoms with Gasteiger partial charge in [-0.3, -0.25) is 4.79 Å². The normalized spacial score (nSPS) is 15.6. The van der Waals surface area contributed by atoms with Gasteiger partial charge in [-0.15, -0.1) is 11.8 Å². The molecular weight excluding hydrogens is 664 g/mol. The fourth-order valence-electron chi connectivity index (χ4n) is 5.28. The van der Waals surface area contributed by atoms with Crippen LogP contribution in [0.3, 0.4) is 0 Å². The van der Waals surface area contributed by atoms with Crippen LogP contribution in [0.25, 0.3) is 0 Å². The Morgan fingerprint density at radius 3 is 2.22 bits per heavy atom. The van der Waals surface area contributed by atoms with Gasteiger partial charge in [0.15, 0.2) is 6.61 Å². The number of esters is 1. The maximum atomic E-state index is 14.7. The zero-order valence-corrected chi connectivity index (χ0v) is 29.3. The average molecular weight is 703 g/mol. The number of halogens is 1. The van der Waals surface area contributed by atoms with Crippen LogP contribution in [0, 0.1) is 0 Å². The van der Waals surface area contributed by atoms with Crippen molar-refractivity contribution in [3.63, 3.8) is 0 Å². The molecule has 0 aromatic heterocycles. The smallest absolute Gasteiger partial charge is 0.417 e. The van der Waals surface area contributed by atoms with Gasteiger partial charge >= 0.3 is 12.1 Å². The van der Waals surface area contributed by atoms with E-state index in [0.29, 0.717) is 16.5 Å². The Hall–Kier alpha value is -4.67. The molecule has 0 bridgehead atoms. The third kappa shape index (κ3) is 9.70. The first kappa shape index (κ1) is 35.6. The first-order valence-electron chi connectivity index (χ1n) is 15.8. The van der Waals surface area contributed by atoms with Crippen LogP contribution in [-0.4, -0.2) is 54.0 Å². The number of rotatable bonds is 13. The van der Waals surface area contributed by atoms with E-state index in [-0.39, 0.29) is 13.2 Å². The van der Waals surface area contributed by atoms with Gasteiger partial charge in [0, 0.05) is 16.5 Å². The van der Waals surface area contributed by atoms with Gasteiger partial charge in [0.2, 0.25) is 5.91 Å². The second-order valence-electron chi connectivity index (χ2n) is 12.4. The number of cyclic esters (lactones) is 1. The standard InChI is InChI=1S/C38H39ClN2O7S/c1-38(2,3)48-33(42)23-46-31-20-12-27(13-21-31)34(40-29-16-14-28(39)15-17-29)35(49-24-25-10-18-30(45-4)19-11-25)36(43)41-32(22-47-37(41)44)26-8-6-5-7-9-26/h5-21,32,34-35,40H,22-24H2,1-4H3/t32-,34-,35?/m1/s1. The molecule has 11 heteroatoms. The van der Waals surface area contributed by atoms with E-state index < -0.39 is 40.9 Å². The minimum absolute atomic E-state index is 0.0589. The van der Waals surface area contributed by atoms with Crippen molar-refractivity contribution in [2.75, 3.05) is 25.6 Å². The number of nitrogens with one attached hydrogen (secondary N) is 1. The lowest BCUT2D eigenvalue weighted by molar-refractivity contribution is -0.157. The summed E-state index contributed by atoms with van der Waals surface area (Å²) in [5, 5.41) is 3.30. The average Bonchev–Trinajstić information content (AvgIpc) is 3.49. The molecule has 0 radical (unpaired) electrons. The highest BCUT2D eigenvalue weighted by molar-refractivity contribution is 7.99. The third-order valence-corrected chi connectivity index (χ3v) is 9.20. The second-order valence-corrected chi connectivity index (χ2v) is 13.9. The summed E-state index contributed by atoms with van der Waals surface area (Å²) in [4.78, 5) is 41.4. The van der Waals surface area contributed by atoms with Crippen LogP contribution in [0.5, 0.6) is 11.5 Å². The number of methoxy groups -OCH3 is 1. The van der Waals surface area contributed by atoms with Crippen LogP contribution in [0.15, 0.2) is 103 Å². The quantitative estimate of drug-likeness (QED) is 0.138. The van der Waals surface area contributed by atoms with E-state index in [1.807, 2.05) is 78.9 Å². The van der Waals surface area contributed by atoms with Gasteiger partial charge in [-0.05, 0) is 86.0 Å². The fraction of sp³-hybridized carbons (Fsp3) is 0.289. The van der Waals surface area contributed by atoms with Gasteiger partial charge in [0.05, 0.1) is 13.2 Å². The van der Waals surface area contributed by atoms with Crippen LogP contribution in [-0.2, 0) is 24.8 Å². The molecule has 5 rings (SSSR count). The molecule has 1 heterocycles. The van der Waals surface area contributed by atoms with E-state index in [1.54, 1.807) is 52.1 Å². The zero-order valence-electron chi connectivity index (χ0n) is 27.8. The number of nitrogens with zero attached hydrogens (tertiary/aromatic N) is 1. The number of thioether (sulfide) groups is 1. The first-order chi connectivity index (χ1) is 23.5. The van der Waals surface area contributed by atoms with Crippen LogP contribution in [0.4, 0.5) is 10.5 Å². The number of anilines is 1. The van der Waals surface area contributed by atoms with Gasteiger partial charge in [0.1, 0.15) is 35.0 Å². The summed E-state index contributed by atoms with van der Waals surface area (Å²) in [6.07, 6.45) is -0.690. The Kier molecular flexibility index (Phi) is 11.7. The minimum Gasteiger partial charge on any atom is -0.497 e. The topological polar surface area (TPSA) is 103 Å².